The van der Waals surface area contributed by atoms with Crippen LogP contribution in [0.4, 0.5) is 0 Å². The molecule has 0 aromatic heterocycles. The number of hydrogen-bond donors (Lipinski definition) is 1. The molecule has 3 aliphatic rings. The van der Waals surface area contributed by atoms with Crippen molar-refractivity contribution in [3.05, 3.63) is 0 Å². The van der Waals surface area contributed by atoms with Crippen molar-refractivity contribution < 1.29 is 4.79 Å². The first-order chi connectivity index (χ1) is 11.1. The second-order valence-electron chi connectivity index (χ2n) is 7.83. The van der Waals surface area contributed by atoms with Gasteiger partial charge < -0.3 is 15.1 Å². The number of nitrogens with zero attached hydrogens (tertiary/aromatic N) is 3. The number of piperidine rings is 2. The molecule has 0 spiro atoms. The number of nitrogens with one attached hydrogen (secondary N) is 1. The normalized spacial score (nSPS) is 33.1. The zero-order valence-corrected chi connectivity index (χ0v) is 16.2. The van der Waals surface area contributed by atoms with Gasteiger partial charge in [0.2, 0.25) is 5.91 Å². The number of piperazine rings is 1. The highest BCUT2D eigenvalue weighted by Crippen LogP contribution is 2.21. The summed E-state index contributed by atoms with van der Waals surface area (Å²) in [5.74, 6) is 0.662. The van der Waals surface area contributed by atoms with E-state index in [-0.39, 0.29) is 18.3 Å². The average molecular weight is 359 g/mol. The average Bonchev–Trinajstić information content (AvgIpc) is 2.57. The number of hydrogen-bond acceptors (Lipinski definition) is 4. The minimum absolute atomic E-state index is 0. The van der Waals surface area contributed by atoms with Gasteiger partial charge in [0.05, 0.1) is 0 Å². The minimum atomic E-state index is 0. The monoisotopic (exact) mass is 358 g/mol. The fourth-order valence-corrected chi connectivity index (χ4v) is 4.44. The van der Waals surface area contributed by atoms with Crippen LogP contribution in [0.1, 0.15) is 39.0 Å². The van der Waals surface area contributed by atoms with E-state index in [1.54, 1.807) is 0 Å². The molecule has 0 radical (unpaired) electrons. The molecule has 3 atom stereocenters. The number of rotatable bonds is 3. The lowest BCUT2D eigenvalue weighted by Crippen LogP contribution is -2.54. The van der Waals surface area contributed by atoms with Gasteiger partial charge in [-0.25, -0.2) is 0 Å². The highest BCUT2D eigenvalue weighted by Gasteiger charge is 2.31. The van der Waals surface area contributed by atoms with Gasteiger partial charge in [-0.2, -0.15) is 0 Å². The first-order valence-corrected chi connectivity index (χ1v) is 9.58. The van der Waals surface area contributed by atoms with Gasteiger partial charge in [0.15, 0.2) is 0 Å². The molecule has 0 aromatic carbocycles. The molecule has 6 heteroatoms. The molecule has 1 amide bonds. The van der Waals surface area contributed by atoms with Crippen LogP contribution in [0.2, 0.25) is 0 Å². The molecule has 0 saturated carbocycles. The molecule has 5 nitrogen and oxygen atoms in total. The van der Waals surface area contributed by atoms with Crippen molar-refractivity contribution in [2.45, 2.75) is 51.1 Å². The lowest BCUT2D eigenvalue weighted by atomic mass is 9.92. The van der Waals surface area contributed by atoms with Crippen molar-refractivity contribution >= 4 is 18.3 Å². The maximum atomic E-state index is 12.7. The maximum Gasteiger partial charge on any atom is 0.225 e. The summed E-state index contributed by atoms with van der Waals surface area (Å²) in [4.78, 5) is 19.9. The van der Waals surface area contributed by atoms with Crippen LogP contribution in [0.5, 0.6) is 0 Å². The molecule has 1 N–H and O–H groups in total. The van der Waals surface area contributed by atoms with Crippen molar-refractivity contribution in [2.75, 3.05) is 52.9 Å². The quantitative estimate of drug-likeness (QED) is 0.828. The SMILES string of the molecule is C[C@H]1C[C@@H](C(=O)N2CCN(CC3CCCCN3C)CC2)CCN1.Cl. The fourth-order valence-electron chi connectivity index (χ4n) is 4.44. The number of likely N-dealkylation sites (N-methyl/N-ethyl adjacent to an activating group) is 1. The topological polar surface area (TPSA) is 38.8 Å². The van der Waals surface area contributed by atoms with Crippen molar-refractivity contribution in [1.29, 1.82) is 0 Å². The summed E-state index contributed by atoms with van der Waals surface area (Å²) in [6, 6.07) is 1.21. The molecule has 3 heterocycles. The summed E-state index contributed by atoms with van der Waals surface area (Å²) in [7, 11) is 2.27. The van der Waals surface area contributed by atoms with E-state index in [0.717, 1.165) is 51.6 Å². The molecule has 3 fully saturated rings. The number of likely N-dealkylation sites (tertiary alicyclic amines) is 1. The third-order valence-electron chi connectivity index (χ3n) is 6.05. The van der Waals surface area contributed by atoms with Crippen LogP contribution < -0.4 is 5.32 Å². The zero-order chi connectivity index (χ0) is 16.2. The Labute approximate surface area is 153 Å². The summed E-state index contributed by atoms with van der Waals surface area (Å²) < 4.78 is 0. The lowest BCUT2D eigenvalue weighted by molar-refractivity contribution is -0.138. The van der Waals surface area contributed by atoms with Gasteiger partial charge in [0.25, 0.3) is 0 Å². The second kappa shape index (κ2) is 9.37. The van der Waals surface area contributed by atoms with E-state index in [2.05, 4.69) is 34.0 Å². The van der Waals surface area contributed by atoms with E-state index in [0.29, 0.717) is 11.9 Å². The van der Waals surface area contributed by atoms with Gasteiger partial charge in [0.1, 0.15) is 0 Å². The van der Waals surface area contributed by atoms with E-state index < -0.39 is 0 Å². The molecular weight excluding hydrogens is 324 g/mol. The van der Waals surface area contributed by atoms with Gasteiger partial charge in [0, 0.05) is 50.7 Å². The van der Waals surface area contributed by atoms with E-state index in [9.17, 15) is 4.79 Å². The largest absolute Gasteiger partial charge is 0.340 e. The Kier molecular flexibility index (Phi) is 7.79. The highest BCUT2D eigenvalue weighted by atomic mass is 35.5. The summed E-state index contributed by atoms with van der Waals surface area (Å²) in [6.07, 6.45) is 6.08. The molecule has 3 rings (SSSR count). The molecule has 0 aromatic rings. The van der Waals surface area contributed by atoms with Crippen molar-refractivity contribution in [1.82, 2.24) is 20.0 Å². The minimum Gasteiger partial charge on any atom is -0.340 e. The van der Waals surface area contributed by atoms with E-state index in [1.807, 2.05) is 0 Å². The first kappa shape index (κ1) is 20.0. The predicted octanol–water partition coefficient (Wildman–Crippen LogP) is 1.42. The molecule has 3 saturated heterocycles. The van der Waals surface area contributed by atoms with Crippen LogP contribution >= 0.6 is 12.4 Å². The van der Waals surface area contributed by atoms with Crippen molar-refractivity contribution in [3.63, 3.8) is 0 Å². The molecular formula is C18H35ClN4O. The Balaban J connectivity index is 0.00000208. The maximum absolute atomic E-state index is 12.7. The fraction of sp³-hybridized carbons (Fsp3) is 0.944. The molecule has 3 aliphatic heterocycles. The van der Waals surface area contributed by atoms with Crippen molar-refractivity contribution in [3.8, 4) is 0 Å². The Hall–Kier alpha value is -0.360. The summed E-state index contributed by atoms with van der Waals surface area (Å²) >= 11 is 0. The van der Waals surface area contributed by atoms with Gasteiger partial charge >= 0.3 is 0 Å². The third-order valence-corrected chi connectivity index (χ3v) is 6.05. The van der Waals surface area contributed by atoms with E-state index in [4.69, 9.17) is 0 Å². The van der Waals surface area contributed by atoms with E-state index in [1.165, 1.54) is 32.4 Å². The highest BCUT2D eigenvalue weighted by molar-refractivity contribution is 5.85. The standard InChI is InChI=1S/C18H34N4O.ClH/c1-15-13-16(6-7-19-15)18(23)22-11-9-21(10-12-22)14-17-5-3-4-8-20(17)2;/h15-17,19H,3-14H2,1-2H3;1H/t15-,16-,17?;/m0./s1. The third kappa shape index (κ3) is 5.07. The number of halogens is 1. The van der Waals surface area contributed by atoms with Crippen molar-refractivity contribution in [2.24, 2.45) is 5.92 Å². The molecule has 140 valence electrons. The van der Waals surface area contributed by atoms with Crippen LogP contribution in [-0.4, -0.2) is 85.6 Å². The van der Waals surface area contributed by atoms with Gasteiger partial charge in [-0.15, -0.1) is 12.4 Å². The zero-order valence-electron chi connectivity index (χ0n) is 15.4. The Bertz CT molecular complexity index is 400. The molecule has 0 aliphatic carbocycles. The molecule has 24 heavy (non-hydrogen) atoms. The number of amides is 1. The first-order valence-electron chi connectivity index (χ1n) is 9.58. The molecule has 1 unspecified atom stereocenters. The van der Waals surface area contributed by atoms with E-state index >= 15 is 0 Å². The van der Waals surface area contributed by atoms with Gasteiger partial charge in [-0.1, -0.05) is 6.42 Å². The lowest BCUT2D eigenvalue weighted by Gasteiger charge is -2.41. The number of carbonyl (C=O) groups excluding carboxylic acids is 1. The number of carbonyl (C=O) groups is 1. The summed E-state index contributed by atoms with van der Waals surface area (Å²) in [5.41, 5.74) is 0. The van der Waals surface area contributed by atoms with Crippen LogP contribution in [0.3, 0.4) is 0 Å². The Morgan fingerprint density at radius 2 is 1.83 bits per heavy atom. The van der Waals surface area contributed by atoms with Gasteiger partial charge in [-0.3, -0.25) is 9.69 Å². The second-order valence-corrected chi connectivity index (χ2v) is 7.83. The summed E-state index contributed by atoms with van der Waals surface area (Å²) in [5, 5.41) is 3.44. The van der Waals surface area contributed by atoms with Crippen LogP contribution in [-0.2, 0) is 4.79 Å². The smallest absolute Gasteiger partial charge is 0.225 e. The van der Waals surface area contributed by atoms with Crippen LogP contribution in [0.25, 0.3) is 0 Å². The Morgan fingerprint density at radius 1 is 1.08 bits per heavy atom. The van der Waals surface area contributed by atoms with Crippen LogP contribution in [0, 0.1) is 5.92 Å². The van der Waals surface area contributed by atoms with Crippen LogP contribution in [0.15, 0.2) is 0 Å². The van der Waals surface area contributed by atoms with Gasteiger partial charge in [-0.05, 0) is 52.7 Å². The Morgan fingerprint density at radius 3 is 2.50 bits per heavy atom. The predicted molar refractivity (Wildman–Crippen MR) is 101 cm³/mol. The summed E-state index contributed by atoms with van der Waals surface area (Å²) in [6.45, 7) is 9.57. The molecule has 0 bridgehead atoms.